The van der Waals surface area contributed by atoms with Crippen molar-refractivity contribution in [2.75, 3.05) is 0 Å². The molecular formula is C13H15FO. The summed E-state index contributed by atoms with van der Waals surface area (Å²) < 4.78 is 18.7. The lowest BCUT2D eigenvalue weighted by Gasteiger charge is -2.04. The monoisotopic (exact) mass is 206 g/mol. The Hall–Kier alpha value is -1.31. The molecule has 15 heavy (non-hydrogen) atoms. The van der Waals surface area contributed by atoms with Gasteiger partial charge in [0.2, 0.25) is 0 Å². The lowest BCUT2D eigenvalue weighted by molar-refractivity contribution is 0.542. The highest BCUT2D eigenvalue weighted by Gasteiger charge is 2.15. The fourth-order valence-corrected chi connectivity index (χ4v) is 2.04. The van der Waals surface area contributed by atoms with Crippen LogP contribution >= 0.6 is 0 Å². The molecule has 0 amide bonds. The minimum absolute atomic E-state index is 0.241. The molecule has 0 unspecified atom stereocenters. The predicted octanol–water partition coefficient (Wildman–Crippen LogP) is 4.26. The van der Waals surface area contributed by atoms with Crippen LogP contribution in [0.1, 0.15) is 38.0 Å². The van der Waals surface area contributed by atoms with E-state index in [1.54, 1.807) is 0 Å². The highest BCUT2D eigenvalue weighted by atomic mass is 19.1. The molecule has 0 bridgehead atoms. The molecular weight excluding hydrogens is 191 g/mol. The third-order valence-corrected chi connectivity index (χ3v) is 2.67. The number of rotatable bonds is 2. The van der Waals surface area contributed by atoms with Crippen LogP contribution in [0.4, 0.5) is 4.39 Å². The van der Waals surface area contributed by atoms with Crippen molar-refractivity contribution in [2.24, 2.45) is 0 Å². The van der Waals surface area contributed by atoms with Gasteiger partial charge in [0.05, 0.1) is 0 Å². The summed E-state index contributed by atoms with van der Waals surface area (Å²) in [6, 6.07) is 4.76. The summed E-state index contributed by atoms with van der Waals surface area (Å²) in [5.41, 5.74) is 1.88. The van der Waals surface area contributed by atoms with Crippen molar-refractivity contribution in [1.29, 1.82) is 0 Å². The molecule has 0 radical (unpaired) electrons. The number of furan rings is 1. The van der Waals surface area contributed by atoms with Gasteiger partial charge in [-0.25, -0.2) is 4.39 Å². The Labute approximate surface area is 88.9 Å². The van der Waals surface area contributed by atoms with Gasteiger partial charge < -0.3 is 4.42 Å². The standard InChI is InChI=1S/C13H15FO/c1-4-11-13(8(2)3)10-6-5-9(14)7-12(10)15-11/h5-8H,4H2,1-3H3. The number of hydrogen-bond donors (Lipinski definition) is 0. The van der Waals surface area contributed by atoms with E-state index in [4.69, 9.17) is 4.42 Å². The molecule has 2 heteroatoms. The van der Waals surface area contributed by atoms with Gasteiger partial charge in [0.15, 0.2) is 0 Å². The maximum Gasteiger partial charge on any atom is 0.137 e. The molecule has 0 aliphatic heterocycles. The van der Waals surface area contributed by atoms with Crippen molar-refractivity contribution in [2.45, 2.75) is 33.1 Å². The molecule has 1 aromatic carbocycles. The molecule has 0 saturated carbocycles. The smallest absolute Gasteiger partial charge is 0.137 e. The molecule has 1 nitrogen and oxygen atoms in total. The Balaban J connectivity index is 2.74. The summed E-state index contributed by atoms with van der Waals surface area (Å²) in [5.74, 6) is 1.14. The number of benzene rings is 1. The van der Waals surface area contributed by atoms with E-state index in [1.165, 1.54) is 17.7 Å². The van der Waals surface area contributed by atoms with E-state index in [0.29, 0.717) is 11.5 Å². The number of hydrogen-bond acceptors (Lipinski definition) is 1. The van der Waals surface area contributed by atoms with Crippen LogP contribution in [-0.2, 0) is 6.42 Å². The van der Waals surface area contributed by atoms with E-state index < -0.39 is 0 Å². The Morgan fingerprint density at radius 2 is 2.07 bits per heavy atom. The van der Waals surface area contributed by atoms with Gasteiger partial charge in [-0.1, -0.05) is 20.8 Å². The van der Waals surface area contributed by atoms with Crippen LogP contribution in [-0.4, -0.2) is 0 Å². The minimum Gasteiger partial charge on any atom is -0.461 e. The molecule has 1 aromatic heterocycles. The minimum atomic E-state index is -0.241. The van der Waals surface area contributed by atoms with Crippen LogP contribution in [0.15, 0.2) is 22.6 Å². The first-order valence-electron chi connectivity index (χ1n) is 5.34. The van der Waals surface area contributed by atoms with Crippen molar-refractivity contribution < 1.29 is 8.81 Å². The molecule has 0 spiro atoms. The van der Waals surface area contributed by atoms with Crippen LogP contribution in [0.3, 0.4) is 0 Å². The SMILES string of the molecule is CCc1oc2cc(F)ccc2c1C(C)C. The molecule has 0 atom stereocenters. The Morgan fingerprint density at radius 1 is 1.33 bits per heavy atom. The Morgan fingerprint density at radius 3 is 2.67 bits per heavy atom. The molecule has 0 N–H and O–H groups in total. The average Bonchev–Trinajstić information content (AvgIpc) is 2.54. The van der Waals surface area contributed by atoms with Gasteiger partial charge in [-0.05, 0) is 18.1 Å². The van der Waals surface area contributed by atoms with E-state index in [1.807, 2.05) is 6.07 Å². The maximum absolute atomic E-state index is 13.0. The number of aryl methyl sites for hydroxylation is 1. The summed E-state index contributed by atoms with van der Waals surface area (Å²) in [4.78, 5) is 0. The fraction of sp³-hybridized carbons (Fsp3) is 0.385. The molecule has 0 aliphatic carbocycles. The zero-order chi connectivity index (χ0) is 11.0. The molecule has 2 aromatic rings. The Kier molecular flexibility index (Phi) is 2.51. The van der Waals surface area contributed by atoms with Gasteiger partial charge in [0, 0.05) is 23.4 Å². The topological polar surface area (TPSA) is 13.1 Å². The van der Waals surface area contributed by atoms with E-state index in [9.17, 15) is 4.39 Å². The van der Waals surface area contributed by atoms with Gasteiger partial charge in [-0.3, -0.25) is 0 Å². The van der Waals surface area contributed by atoms with Crippen LogP contribution in [0.25, 0.3) is 11.0 Å². The summed E-state index contributed by atoms with van der Waals surface area (Å²) in [7, 11) is 0. The highest BCUT2D eigenvalue weighted by molar-refractivity contribution is 5.82. The second kappa shape index (κ2) is 3.69. The molecule has 80 valence electrons. The molecule has 2 rings (SSSR count). The summed E-state index contributed by atoms with van der Waals surface area (Å²) >= 11 is 0. The average molecular weight is 206 g/mol. The van der Waals surface area contributed by atoms with Crippen molar-refractivity contribution >= 4 is 11.0 Å². The predicted molar refractivity (Wildman–Crippen MR) is 59.6 cm³/mol. The summed E-state index contributed by atoms with van der Waals surface area (Å²) in [6.07, 6.45) is 0.851. The van der Waals surface area contributed by atoms with Gasteiger partial charge in [0.25, 0.3) is 0 Å². The fourth-order valence-electron chi connectivity index (χ4n) is 2.04. The number of fused-ring (bicyclic) bond motifs is 1. The van der Waals surface area contributed by atoms with Gasteiger partial charge >= 0.3 is 0 Å². The third kappa shape index (κ3) is 1.65. The van der Waals surface area contributed by atoms with Gasteiger partial charge in [-0.2, -0.15) is 0 Å². The zero-order valence-electron chi connectivity index (χ0n) is 9.30. The second-order valence-corrected chi connectivity index (χ2v) is 4.09. The molecule has 1 heterocycles. The van der Waals surface area contributed by atoms with Crippen LogP contribution in [0, 0.1) is 5.82 Å². The van der Waals surface area contributed by atoms with Gasteiger partial charge in [0.1, 0.15) is 17.2 Å². The van der Waals surface area contributed by atoms with Crippen molar-refractivity contribution in [3.8, 4) is 0 Å². The number of halogens is 1. The first kappa shape index (κ1) is 10.2. The van der Waals surface area contributed by atoms with Gasteiger partial charge in [-0.15, -0.1) is 0 Å². The molecule has 0 fully saturated rings. The van der Waals surface area contributed by atoms with Crippen molar-refractivity contribution in [3.05, 3.63) is 35.3 Å². The summed E-state index contributed by atoms with van der Waals surface area (Å²) in [6.45, 7) is 6.32. The quantitative estimate of drug-likeness (QED) is 0.715. The van der Waals surface area contributed by atoms with Crippen molar-refractivity contribution in [3.63, 3.8) is 0 Å². The first-order valence-corrected chi connectivity index (χ1v) is 5.34. The highest BCUT2D eigenvalue weighted by Crippen LogP contribution is 2.32. The third-order valence-electron chi connectivity index (χ3n) is 2.67. The van der Waals surface area contributed by atoms with E-state index in [2.05, 4.69) is 20.8 Å². The van der Waals surface area contributed by atoms with E-state index in [0.717, 1.165) is 17.6 Å². The Bertz CT molecular complexity index is 482. The largest absolute Gasteiger partial charge is 0.461 e. The normalized spacial score (nSPS) is 11.5. The molecule has 0 saturated heterocycles. The maximum atomic E-state index is 13.0. The van der Waals surface area contributed by atoms with Crippen LogP contribution in [0.5, 0.6) is 0 Å². The van der Waals surface area contributed by atoms with Crippen molar-refractivity contribution in [1.82, 2.24) is 0 Å². The molecule has 0 aliphatic rings. The van der Waals surface area contributed by atoms with Crippen LogP contribution < -0.4 is 0 Å². The lowest BCUT2D eigenvalue weighted by Crippen LogP contribution is -1.90. The zero-order valence-corrected chi connectivity index (χ0v) is 9.30. The second-order valence-electron chi connectivity index (χ2n) is 4.09. The van der Waals surface area contributed by atoms with E-state index in [-0.39, 0.29) is 5.82 Å². The summed E-state index contributed by atoms with van der Waals surface area (Å²) in [5, 5.41) is 1.04. The lowest BCUT2D eigenvalue weighted by atomic mass is 9.98. The van der Waals surface area contributed by atoms with E-state index >= 15 is 0 Å². The van der Waals surface area contributed by atoms with Crippen LogP contribution in [0.2, 0.25) is 0 Å². The first-order chi connectivity index (χ1) is 7.13.